The van der Waals surface area contributed by atoms with Crippen LogP contribution in [0.4, 0.5) is 15.8 Å². The van der Waals surface area contributed by atoms with E-state index < -0.39 is 0 Å². The van der Waals surface area contributed by atoms with Gasteiger partial charge in [-0.2, -0.15) is 5.10 Å². The first-order valence-electron chi connectivity index (χ1n) is 5.95. The molecule has 1 aliphatic rings. The molecule has 0 bridgehead atoms. The van der Waals surface area contributed by atoms with Gasteiger partial charge in [0.25, 0.3) is 5.91 Å². The van der Waals surface area contributed by atoms with Crippen LogP contribution in [0.5, 0.6) is 0 Å². The van der Waals surface area contributed by atoms with Gasteiger partial charge >= 0.3 is 0 Å². The fourth-order valence-electron chi connectivity index (χ4n) is 2.41. The Morgan fingerprint density at radius 2 is 2.26 bits per heavy atom. The number of aromatic nitrogens is 2. The van der Waals surface area contributed by atoms with Crippen LogP contribution in [0.25, 0.3) is 0 Å². The average molecular weight is 260 g/mol. The van der Waals surface area contributed by atoms with E-state index in [-0.39, 0.29) is 11.7 Å². The van der Waals surface area contributed by atoms with E-state index in [0.29, 0.717) is 23.6 Å². The number of amides is 1. The van der Waals surface area contributed by atoms with E-state index in [0.717, 1.165) is 12.0 Å². The van der Waals surface area contributed by atoms with Crippen LogP contribution in [-0.4, -0.2) is 22.2 Å². The molecule has 5 nitrogen and oxygen atoms in total. The fourth-order valence-corrected chi connectivity index (χ4v) is 2.41. The minimum absolute atomic E-state index is 0.248. The van der Waals surface area contributed by atoms with Gasteiger partial charge in [-0.1, -0.05) is 6.07 Å². The summed E-state index contributed by atoms with van der Waals surface area (Å²) in [5.41, 5.74) is 8.00. The summed E-state index contributed by atoms with van der Waals surface area (Å²) in [6.45, 7) is 0.530. The third-order valence-electron chi connectivity index (χ3n) is 3.36. The number of aryl methyl sites for hydroxylation is 1. The van der Waals surface area contributed by atoms with Crippen LogP contribution in [0, 0.1) is 5.82 Å². The summed E-state index contributed by atoms with van der Waals surface area (Å²) in [7, 11) is 1.66. The summed E-state index contributed by atoms with van der Waals surface area (Å²) in [4.78, 5) is 14.0. The molecule has 2 aromatic rings. The highest BCUT2D eigenvalue weighted by molar-refractivity contribution is 6.09. The molecule has 2 heterocycles. The molecular formula is C13H13FN4O. The number of halogens is 1. The second kappa shape index (κ2) is 4.08. The van der Waals surface area contributed by atoms with Gasteiger partial charge in [0.2, 0.25) is 0 Å². The maximum atomic E-state index is 13.3. The molecule has 0 saturated heterocycles. The number of hydrogen-bond donors (Lipinski definition) is 1. The Morgan fingerprint density at radius 1 is 1.47 bits per heavy atom. The summed E-state index contributed by atoms with van der Waals surface area (Å²) in [6, 6.07) is 4.50. The molecule has 1 aliphatic heterocycles. The van der Waals surface area contributed by atoms with E-state index in [1.54, 1.807) is 18.0 Å². The number of hydrogen-bond acceptors (Lipinski definition) is 3. The largest absolute Gasteiger partial charge is 0.396 e. The molecule has 0 fully saturated rings. The highest BCUT2D eigenvalue weighted by Crippen LogP contribution is 2.30. The van der Waals surface area contributed by atoms with Gasteiger partial charge in [0, 0.05) is 13.6 Å². The third kappa shape index (κ3) is 1.76. The molecule has 0 spiro atoms. The number of fused-ring (bicyclic) bond motifs is 1. The van der Waals surface area contributed by atoms with Crippen LogP contribution in [0.15, 0.2) is 24.4 Å². The molecule has 0 aliphatic carbocycles. The van der Waals surface area contributed by atoms with Crippen LogP contribution in [0.3, 0.4) is 0 Å². The molecular weight excluding hydrogens is 247 g/mol. The number of nitrogen functional groups attached to an aromatic ring is 1. The molecule has 1 amide bonds. The SMILES string of the molecule is Cn1ncc(N)c1C(=O)N1CCc2ccc(F)cc21. The zero-order valence-corrected chi connectivity index (χ0v) is 10.4. The van der Waals surface area contributed by atoms with Gasteiger partial charge in [-0.05, 0) is 24.1 Å². The van der Waals surface area contributed by atoms with Crippen molar-refractivity contribution in [2.45, 2.75) is 6.42 Å². The lowest BCUT2D eigenvalue weighted by atomic mass is 10.1. The molecule has 0 radical (unpaired) electrons. The number of carbonyl (C=O) groups is 1. The van der Waals surface area contributed by atoms with Crippen LogP contribution >= 0.6 is 0 Å². The molecule has 1 aromatic carbocycles. The second-order valence-corrected chi connectivity index (χ2v) is 4.55. The molecule has 0 saturated carbocycles. The van der Waals surface area contributed by atoms with Crippen molar-refractivity contribution in [2.75, 3.05) is 17.2 Å². The average Bonchev–Trinajstić information content (AvgIpc) is 2.92. The van der Waals surface area contributed by atoms with E-state index in [4.69, 9.17) is 5.73 Å². The number of carbonyl (C=O) groups excluding carboxylic acids is 1. The lowest BCUT2D eigenvalue weighted by Gasteiger charge is -2.17. The van der Waals surface area contributed by atoms with Crippen LogP contribution in [-0.2, 0) is 13.5 Å². The number of benzene rings is 1. The molecule has 3 rings (SSSR count). The van der Waals surface area contributed by atoms with Gasteiger partial charge in [0.15, 0.2) is 0 Å². The zero-order valence-electron chi connectivity index (χ0n) is 10.4. The first-order valence-corrected chi connectivity index (χ1v) is 5.95. The monoisotopic (exact) mass is 260 g/mol. The Morgan fingerprint density at radius 3 is 2.95 bits per heavy atom. The minimum Gasteiger partial charge on any atom is -0.396 e. The standard InChI is InChI=1S/C13H13FN4O/c1-17-12(10(15)7-16-17)13(19)18-5-4-8-2-3-9(14)6-11(8)18/h2-3,6-7H,4-5,15H2,1H3. The van der Waals surface area contributed by atoms with Crippen molar-refractivity contribution in [3.63, 3.8) is 0 Å². The molecule has 19 heavy (non-hydrogen) atoms. The van der Waals surface area contributed by atoms with Gasteiger partial charge in [-0.25, -0.2) is 4.39 Å². The Labute approximate surface area is 109 Å². The van der Waals surface area contributed by atoms with E-state index >= 15 is 0 Å². The van der Waals surface area contributed by atoms with E-state index in [9.17, 15) is 9.18 Å². The van der Waals surface area contributed by atoms with Gasteiger partial charge in [0.05, 0.1) is 17.6 Å². The van der Waals surface area contributed by atoms with Crippen molar-refractivity contribution < 1.29 is 9.18 Å². The normalized spacial score (nSPS) is 13.7. The molecule has 1 aromatic heterocycles. The Kier molecular flexibility index (Phi) is 2.51. The van der Waals surface area contributed by atoms with Crippen molar-refractivity contribution in [3.05, 3.63) is 41.5 Å². The summed E-state index contributed by atoms with van der Waals surface area (Å²) in [6.07, 6.45) is 2.16. The highest BCUT2D eigenvalue weighted by atomic mass is 19.1. The van der Waals surface area contributed by atoms with Crippen molar-refractivity contribution in [1.82, 2.24) is 9.78 Å². The molecule has 98 valence electrons. The van der Waals surface area contributed by atoms with Gasteiger partial charge in [-0.15, -0.1) is 0 Å². The van der Waals surface area contributed by atoms with Crippen LogP contribution in [0.2, 0.25) is 0 Å². The maximum Gasteiger partial charge on any atom is 0.278 e. The third-order valence-corrected chi connectivity index (χ3v) is 3.36. The van der Waals surface area contributed by atoms with Crippen molar-refractivity contribution >= 4 is 17.3 Å². The van der Waals surface area contributed by atoms with Crippen molar-refractivity contribution in [3.8, 4) is 0 Å². The predicted octanol–water partition coefficient (Wildman–Crippen LogP) is 1.34. The first kappa shape index (κ1) is 11.7. The molecule has 0 atom stereocenters. The molecule has 6 heteroatoms. The number of nitrogens with zero attached hydrogens (tertiary/aromatic N) is 3. The zero-order chi connectivity index (χ0) is 13.6. The summed E-state index contributed by atoms with van der Waals surface area (Å²) in [5.74, 6) is -0.599. The lowest BCUT2D eigenvalue weighted by Crippen LogP contribution is -2.31. The maximum absolute atomic E-state index is 13.3. The molecule has 0 unspecified atom stereocenters. The van der Waals surface area contributed by atoms with Gasteiger partial charge < -0.3 is 10.6 Å². The van der Waals surface area contributed by atoms with Crippen molar-refractivity contribution in [2.24, 2.45) is 7.05 Å². The molecule has 2 N–H and O–H groups in total. The van der Waals surface area contributed by atoms with Gasteiger partial charge in [0.1, 0.15) is 11.5 Å². The van der Waals surface area contributed by atoms with E-state index in [2.05, 4.69) is 5.10 Å². The summed E-state index contributed by atoms with van der Waals surface area (Å²) < 4.78 is 14.8. The van der Waals surface area contributed by atoms with Crippen LogP contribution < -0.4 is 10.6 Å². The second-order valence-electron chi connectivity index (χ2n) is 4.55. The summed E-state index contributed by atoms with van der Waals surface area (Å²) in [5, 5.41) is 3.95. The van der Waals surface area contributed by atoms with E-state index in [1.807, 2.05) is 0 Å². The number of nitrogens with two attached hydrogens (primary N) is 1. The quantitative estimate of drug-likeness (QED) is 0.841. The Hall–Kier alpha value is -2.37. The van der Waals surface area contributed by atoms with Crippen LogP contribution in [0.1, 0.15) is 16.1 Å². The number of rotatable bonds is 1. The van der Waals surface area contributed by atoms with Gasteiger partial charge in [-0.3, -0.25) is 9.48 Å². The Bertz CT molecular complexity index is 645. The number of anilines is 2. The fraction of sp³-hybridized carbons (Fsp3) is 0.231. The lowest BCUT2D eigenvalue weighted by molar-refractivity contribution is 0.0981. The predicted molar refractivity (Wildman–Crippen MR) is 69.4 cm³/mol. The first-order chi connectivity index (χ1) is 9.08. The minimum atomic E-state index is -0.351. The highest BCUT2D eigenvalue weighted by Gasteiger charge is 2.28. The summed E-state index contributed by atoms with van der Waals surface area (Å²) >= 11 is 0. The topological polar surface area (TPSA) is 64.2 Å². The van der Waals surface area contributed by atoms with E-state index in [1.165, 1.54) is 23.0 Å². The van der Waals surface area contributed by atoms with Crippen molar-refractivity contribution in [1.29, 1.82) is 0 Å². The smallest absolute Gasteiger partial charge is 0.278 e. The Balaban J connectivity index is 2.02.